The largest absolute Gasteiger partial charge is 0.381 e. The molecule has 27 heavy (non-hydrogen) atoms. The predicted molar refractivity (Wildman–Crippen MR) is 111 cm³/mol. The molecule has 0 unspecified atom stereocenters. The number of amides is 1. The first-order valence-electron chi connectivity index (χ1n) is 10.3. The molecule has 0 N–H and O–H groups in total. The van der Waals surface area contributed by atoms with E-state index in [2.05, 4.69) is 61.0 Å². The van der Waals surface area contributed by atoms with Crippen LogP contribution in [0.4, 0.5) is 0 Å². The third kappa shape index (κ3) is 5.43. The number of carbonyl (C=O) groups is 1. The Kier molecular flexibility index (Phi) is 7.08. The van der Waals surface area contributed by atoms with Gasteiger partial charge in [-0.05, 0) is 69.2 Å². The third-order valence-corrected chi connectivity index (χ3v) is 6.17. The average Bonchev–Trinajstić information content (AvgIpc) is 2.68. The van der Waals surface area contributed by atoms with Gasteiger partial charge in [0.05, 0.1) is 6.54 Å². The molecule has 4 nitrogen and oxygen atoms in total. The van der Waals surface area contributed by atoms with Crippen molar-refractivity contribution in [2.75, 3.05) is 39.9 Å². The molecule has 4 heteroatoms. The number of benzene rings is 1. The molecule has 1 aromatic rings. The van der Waals surface area contributed by atoms with Crippen molar-refractivity contribution < 1.29 is 9.53 Å². The van der Waals surface area contributed by atoms with Gasteiger partial charge in [-0.2, -0.15) is 0 Å². The number of likely N-dealkylation sites (tertiary alicyclic amines) is 1. The van der Waals surface area contributed by atoms with E-state index in [1.807, 2.05) is 0 Å². The van der Waals surface area contributed by atoms with Crippen molar-refractivity contribution in [2.24, 2.45) is 5.92 Å². The van der Waals surface area contributed by atoms with Gasteiger partial charge in [-0.1, -0.05) is 30.4 Å². The Morgan fingerprint density at radius 3 is 2.41 bits per heavy atom. The fourth-order valence-corrected chi connectivity index (χ4v) is 4.23. The third-order valence-electron chi connectivity index (χ3n) is 6.17. The molecule has 3 rings (SSSR count). The number of piperidine rings is 1. The lowest BCUT2D eigenvalue weighted by molar-refractivity contribution is -0.134. The molecule has 0 aromatic heterocycles. The van der Waals surface area contributed by atoms with Crippen molar-refractivity contribution in [1.29, 1.82) is 0 Å². The first-order chi connectivity index (χ1) is 13.0. The highest BCUT2D eigenvalue weighted by Crippen LogP contribution is 2.22. The quantitative estimate of drug-likeness (QED) is 0.793. The van der Waals surface area contributed by atoms with Gasteiger partial charge in [0.15, 0.2) is 0 Å². The van der Waals surface area contributed by atoms with Crippen LogP contribution in [0.3, 0.4) is 0 Å². The van der Waals surface area contributed by atoms with E-state index in [1.54, 1.807) is 0 Å². The van der Waals surface area contributed by atoms with Gasteiger partial charge >= 0.3 is 0 Å². The maximum atomic E-state index is 12.7. The van der Waals surface area contributed by atoms with E-state index in [-0.39, 0.29) is 5.91 Å². The van der Waals surface area contributed by atoms with Crippen molar-refractivity contribution in [3.63, 3.8) is 0 Å². The molecular formula is C23H34N2O2. The summed E-state index contributed by atoms with van der Waals surface area (Å²) in [5.41, 5.74) is 4.00. The minimum absolute atomic E-state index is 0.279. The van der Waals surface area contributed by atoms with Crippen LogP contribution in [0.2, 0.25) is 0 Å². The number of carbonyl (C=O) groups excluding carboxylic acids is 1. The van der Waals surface area contributed by atoms with Gasteiger partial charge in [-0.25, -0.2) is 0 Å². The van der Waals surface area contributed by atoms with E-state index < -0.39 is 0 Å². The van der Waals surface area contributed by atoms with Gasteiger partial charge in [0.25, 0.3) is 0 Å². The maximum absolute atomic E-state index is 12.7. The Hall–Kier alpha value is -1.65. The van der Waals surface area contributed by atoms with Crippen LogP contribution in [0.5, 0.6) is 0 Å². The summed E-state index contributed by atoms with van der Waals surface area (Å²) < 4.78 is 5.42. The van der Waals surface area contributed by atoms with Crippen molar-refractivity contribution >= 4 is 12.0 Å². The van der Waals surface area contributed by atoms with Crippen LogP contribution in [0.15, 0.2) is 24.3 Å². The smallest absolute Gasteiger partial charge is 0.236 e. The normalized spacial score (nSPS) is 19.9. The molecular weight excluding hydrogens is 336 g/mol. The topological polar surface area (TPSA) is 32.8 Å². The number of nitrogens with zero attached hydrogens (tertiary/aromatic N) is 2. The summed E-state index contributed by atoms with van der Waals surface area (Å²) in [5.74, 6) is 0.849. The number of likely N-dealkylation sites (N-methyl/N-ethyl adjacent to an activating group) is 1. The Bertz CT molecular complexity index is 636. The molecule has 148 valence electrons. The number of allylic oxidation sites excluding steroid dienone is 1. The highest BCUT2D eigenvalue weighted by atomic mass is 16.5. The Morgan fingerprint density at radius 1 is 1.15 bits per heavy atom. The number of aryl methyl sites for hydroxylation is 2. The minimum atomic E-state index is 0.279. The van der Waals surface area contributed by atoms with E-state index in [0.29, 0.717) is 18.5 Å². The number of hydrogen-bond donors (Lipinski definition) is 0. The van der Waals surface area contributed by atoms with Crippen LogP contribution in [0.1, 0.15) is 42.4 Å². The summed E-state index contributed by atoms with van der Waals surface area (Å²) in [4.78, 5) is 16.9. The number of rotatable bonds is 5. The summed E-state index contributed by atoms with van der Waals surface area (Å²) in [7, 11) is 2.08. The molecule has 2 saturated heterocycles. The lowest BCUT2D eigenvalue weighted by atomic mass is 9.94. The Balaban J connectivity index is 1.47. The zero-order valence-corrected chi connectivity index (χ0v) is 17.1. The highest BCUT2D eigenvalue weighted by molar-refractivity contribution is 5.78. The summed E-state index contributed by atoms with van der Waals surface area (Å²) in [6.07, 6.45) is 8.84. The van der Waals surface area contributed by atoms with E-state index in [9.17, 15) is 4.79 Å². The van der Waals surface area contributed by atoms with Gasteiger partial charge < -0.3 is 9.64 Å². The van der Waals surface area contributed by atoms with Gasteiger partial charge in [0, 0.05) is 32.3 Å². The highest BCUT2D eigenvalue weighted by Gasteiger charge is 2.25. The second-order valence-corrected chi connectivity index (χ2v) is 8.14. The van der Waals surface area contributed by atoms with Crippen LogP contribution in [0.25, 0.3) is 6.08 Å². The first-order valence-corrected chi connectivity index (χ1v) is 10.3. The molecule has 0 aliphatic carbocycles. The lowest BCUT2D eigenvalue weighted by Gasteiger charge is -2.35. The Morgan fingerprint density at radius 2 is 1.78 bits per heavy atom. The zero-order chi connectivity index (χ0) is 19.2. The maximum Gasteiger partial charge on any atom is 0.236 e. The van der Waals surface area contributed by atoms with Crippen molar-refractivity contribution in [3.05, 3.63) is 41.0 Å². The molecule has 1 aromatic carbocycles. The van der Waals surface area contributed by atoms with Crippen LogP contribution in [-0.2, 0) is 9.53 Å². The summed E-state index contributed by atoms with van der Waals surface area (Å²) in [6, 6.07) is 6.94. The molecule has 0 saturated carbocycles. The van der Waals surface area contributed by atoms with Crippen LogP contribution in [-0.4, -0.2) is 61.6 Å². The average molecular weight is 371 g/mol. The molecule has 1 amide bonds. The van der Waals surface area contributed by atoms with Crippen molar-refractivity contribution in [1.82, 2.24) is 9.80 Å². The molecule has 0 bridgehead atoms. The number of ether oxygens (including phenoxy) is 1. The molecule has 0 radical (unpaired) electrons. The monoisotopic (exact) mass is 370 g/mol. The second kappa shape index (κ2) is 9.52. The molecule has 0 spiro atoms. The molecule has 0 atom stereocenters. The Labute approximate surface area is 164 Å². The van der Waals surface area contributed by atoms with Crippen LogP contribution in [0, 0.1) is 19.8 Å². The number of hydrogen-bond acceptors (Lipinski definition) is 3. The SMILES string of the molecule is Cc1cccc(C)c1C=CC1CCN(C(=O)CN(C)C2CCOCC2)CC1. The van der Waals surface area contributed by atoms with Crippen LogP contribution >= 0.6 is 0 Å². The van der Waals surface area contributed by atoms with Crippen molar-refractivity contribution in [3.8, 4) is 0 Å². The molecule has 2 aliphatic rings. The second-order valence-electron chi connectivity index (χ2n) is 8.14. The van der Waals surface area contributed by atoms with E-state index in [0.717, 1.165) is 52.0 Å². The summed E-state index contributed by atoms with van der Waals surface area (Å²) in [5, 5.41) is 0. The summed E-state index contributed by atoms with van der Waals surface area (Å²) in [6.45, 7) is 8.27. The minimum Gasteiger partial charge on any atom is -0.381 e. The zero-order valence-electron chi connectivity index (χ0n) is 17.1. The van der Waals surface area contributed by atoms with E-state index in [4.69, 9.17) is 4.74 Å². The van der Waals surface area contributed by atoms with Gasteiger partial charge in [-0.15, -0.1) is 0 Å². The fourth-order valence-electron chi connectivity index (χ4n) is 4.23. The molecule has 2 heterocycles. The summed E-state index contributed by atoms with van der Waals surface area (Å²) >= 11 is 0. The fraction of sp³-hybridized carbons (Fsp3) is 0.609. The first kappa shape index (κ1) is 20.1. The van der Waals surface area contributed by atoms with Gasteiger partial charge in [0.1, 0.15) is 0 Å². The van der Waals surface area contributed by atoms with Gasteiger partial charge in [-0.3, -0.25) is 9.69 Å². The van der Waals surface area contributed by atoms with Crippen molar-refractivity contribution in [2.45, 2.75) is 45.6 Å². The molecule has 2 fully saturated rings. The van der Waals surface area contributed by atoms with Crippen LogP contribution < -0.4 is 0 Å². The lowest BCUT2D eigenvalue weighted by Crippen LogP contribution is -2.46. The molecule has 2 aliphatic heterocycles. The van der Waals surface area contributed by atoms with E-state index in [1.165, 1.54) is 16.7 Å². The predicted octanol–water partition coefficient (Wildman–Crippen LogP) is 3.67. The van der Waals surface area contributed by atoms with Gasteiger partial charge in [0.2, 0.25) is 5.91 Å². The van der Waals surface area contributed by atoms with E-state index >= 15 is 0 Å². The standard InChI is InChI=1S/C23H34N2O2/c1-18-5-4-6-19(2)22(18)8-7-20-9-13-25(14-10-20)23(26)17-24(3)21-11-15-27-16-12-21/h4-8,20-21H,9-17H2,1-3H3.